The fourth-order valence-electron chi connectivity index (χ4n) is 1.98. The molecule has 21 heavy (non-hydrogen) atoms. The average Bonchev–Trinajstić information content (AvgIpc) is 2.37. The molecule has 0 aliphatic heterocycles. The second kappa shape index (κ2) is 6.30. The van der Waals surface area contributed by atoms with Crippen molar-refractivity contribution in [1.82, 2.24) is 4.98 Å². The van der Waals surface area contributed by atoms with Crippen LogP contribution in [0.5, 0.6) is 0 Å². The van der Waals surface area contributed by atoms with Crippen molar-refractivity contribution in [3.63, 3.8) is 0 Å². The normalized spacial score (nSPS) is 10.4. The van der Waals surface area contributed by atoms with Gasteiger partial charge in [0.15, 0.2) is 0 Å². The summed E-state index contributed by atoms with van der Waals surface area (Å²) in [6.45, 7) is 2.04. The summed E-state index contributed by atoms with van der Waals surface area (Å²) in [4.78, 5) is 15.0. The maximum atomic E-state index is 13.0. The third-order valence-electron chi connectivity index (χ3n) is 2.96. The van der Waals surface area contributed by atoms with Crippen LogP contribution in [0.15, 0.2) is 30.3 Å². The Kier molecular flexibility index (Phi) is 4.47. The van der Waals surface area contributed by atoms with Gasteiger partial charge >= 0.3 is 5.97 Å². The predicted molar refractivity (Wildman–Crippen MR) is 74.5 cm³/mol. The molecule has 0 fully saturated rings. The van der Waals surface area contributed by atoms with Crippen LogP contribution in [0.4, 0.5) is 14.6 Å². The molecular formula is C15H14F2N2O2. The van der Waals surface area contributed by atoms with Gasteiger partial charge in [0, 0.05) is 12.6 Å². The first-order valence-electron chi connectivity index (χ1n) is 6.35. The maximum Gasteiger partial charge on any atom is 0.337 e. The Hall–Kier alpha value is -2.50. The van der Waals surface area contributed by atoms with Crippen molar-refractivity contribution in [3.05, 3.63) is 58.8 Å². The lowest BCUT2D eigenvalue weighted by atomic mass is 10.1. The van der Waals surface area contributed by atoms with Gasteiger partial charge in [-0.2, -0.15) is 0 Å². The average molecular weight is 292 g/mol. The summed E-state index contributed by atoms with van der Waals surface area (Å²) in [7, 11) is 0. The minimum Gasteiger partial charge on any atom is -0.478 e. The van der Waals surface area contributed by atoms with E-state index < -0.39 is 17.6 Å². The second-order valence-corrected chi connectivity index (χ2v) is 4.59. The summed E-state index contributed by atoms with van der Waals surface area (Å²) in [5.41, 5.74) is 1.09. The van der Waals surface area contributed by atoms with Crippen LogP contribution in [0, 0.1) is 18.6 Å². The molecular weight excluding hydrogens is 278 g/mol. The van der Waals surface area contributed by atoms with E-state index >= 15 is 0 Å². The molecule has 6 heteroatoms. The zero-order valence-corrected chi connectivity index (χ0v) is 11.4. The van der Waals surface area contributed by atoms with Gasteiger partial charge in [-0.1, -0.05) is 0 Å². The standard InChI is InChI=1S/C15H14F2N2O2/c1-9-13(15(20)21)2-3-14(19-9)18-5-4-10-6-11(16)8-12(17)7-10/h2-3,6-8H,4-5H2,1H3,(H,18,19)(H,20,21). The van der Waals surface area contributed by atoms with E-state index in [1.54, 1.807) is 13.0 Å². The second-order valence-electron chi connectivity index (χ2n) is 4.59. The van der Waals surface area contributed by atoms with Crippen LogP contribution in [-0.2, 0) is 6.42 Å². The maximum absolute atomic E-state index is 13.0. The minimum atomic E-state index is -1.03. The smallest absolute Gasteiger partial charge is 0.337 e. The van der Waals surface area contributed by atoms with Crippen molar-refractivity contribution in [2.45, 2.75) is 13.3 Å². The van der Waals surface area contributed by atoms with E-state index in [1.165, 1.54) is 18.2 Å². The van der Waals surface area contributed by atoms with Crippen LogP contribution in [0.2, 0.25) is 0 Å². The predicted octanol–water partition coefficient (Wildman–Crippen LogP) is 3.02. The third kappa shape index (κ3) is 3.98. The molecule has 110 valence electrons. The molecule has 1 aromatic heterocycles. The number of anilines is 1. The molecule has 2 N–H and O–H groups in total. The summed E-state index contributed by atoms with van der Waals surface area (Å²) >= 11 is 0. The van der Waals surface area contributed by atoms with Crippen molar-refractivity contribution in [1.29, 1.82) is 0 Å². The number of hydrogen-bond acceptors (Lipinski definition) is 3. The van der Waals surface area contributed by atoms with Gasteiger partial charge in [-0.15, -0.1) is 0 Å². The third-order valence-corrected chi connectivity index (χ3v) is 2.96. The lowest BCUT2D eigenvalue weighted by molar-refractivity contribution is 0.0695. The summed E-state index contributed by atoms with van der Waals surface area (Å²) in [5, 5.41) is 11.9. The van der Waals surface area contributed by atoms with E-state index in [-0.39, 0.29) is 5.56 Å². The van der Waals surface area contributed by atoms with Crippen LogP contribution in [0.1, 0.15) is 21.6 Å². The zero-order chi connectivity index (χ0) is 15.4. The van der Waals surface area contributed by atoms with E-state index in [0.29, 0.717) is 30.0 Å². The van der Waals surface area contributed by atoms with E-state index in [4.69, 9.17) is 5.11 Å². The molecule has 0 aliphatic carbocycles. The molecule has 0 bridgehead atoms. The number of halogens is 2. The number of aromatic nitrogens is 1. The Bertz CT molecular complexity index is 654. The molecule has 1 heterocycles. The number of hydrogen-bond donors (Lipinski definition) is 2. The molecule has 1 aromatic carbocycles. The van der Waals surface area contributed by atoms with Gasteiger partial charge in [0.05, 0.1) is 11.3 Å². The first-order chi connectivity index (χ1) is 9.95. The van der Waals surface area contributed by atoms with E-state index in [1.807, 2.05) is 0 Å². The number of nitrogens with zero attached hydrogens (tertiary/aromatic N) is 1. The molecule has 0 atom stereocenters. The Morgan fingerprint density at radius 2 is 1.90 bits per heavy atom. The Labute approximate surface area is 120 Å². The highest BCUT2D eigenvalue weighted by molar-refractivity contribution is 5.89. The number of carboxylic acid groups (broad SMARTS) is 1. The van der Waals surface area contributed by atoms with Gasteiger partial charge in [-0.25, -0.2) is 18.6 Å². The number of rotatable bonds is 5. The van der Waals surface area contributed by atoms with Crippen LogP contribution >= 0.6 is 0 Å². The number of pyridine rings is 1. The van der Waals surface area contributed by atoms with Gasteiger partial charge in [0.2, 0.25) is 0 Å². The van der Waals surface area contributed by atoms with Crippen LogP contribution < -0.4 is 5.32 Å². The molecule has 2 rings (SSSR count). The first kappa shape index (κ1) is 14.9. The number of aryl methyl sites for hydroxylation is 1. The Morgan fingerprint density at radius 1 is 1.24 bits per heavy atom. The molecule has 0 radical (unpaired) electrons. The molecule has 4 nitrogen and oxygen atoms in total. The summed E-state index contributed by atoms with van der Waals surface area (Å²) < 4.78 is 26.0. The van der Waals surface area contributed by atoms with Gasteiger partial charge in [-0.05, 0) is 43.2 Å². The highest BCUT2D eigenvalue weighted by Crippen LogP contribution is 2.12. The molecule has 0 spiro atoms. The fraction of sp³-hybridized carbons (Fsp3) is 0.200. The number of aromatic carboxylic acids is 1. The van der Waals surface area contributed by atoms with Crippen molar-refractivity contribution in [2.24, 2.45) is 0 Å². The monoisotopic (exact) mass is 292 g/mol. The SMILES string of the molecule is Cc1nc(NCCc2cc(F)cc(F)c2)ccc1C(=O)O. The van der Waals surface area contributed by atoms with Crippen molar-refractivity contribution < 1.29 is 18.7 Å². The quantitative estimate of drug-likeness (QED) is 0.889. The summed E-state index contributed by atoms with van der Waals surface area (Å²) in [6, 6.07) is 6.40. The van der Waals surface area contributed by atoms with E-state index in [9.17, 15) is 13.6 Å². The van der Waals surface area contributed by atoms with Gasteiger partial charge in [0.1, 0.15) is 17.5 Å². The molecule has 0 aliphatic rings. The summed E-state index contributed by atoms with van der Waals surface area (Å²) in [5.74, 6) is -1.72. The minimum absolute atomic E-state index is 0.146. The topological polar surface area (TPSA) is 62.2 Å². The number of nitrogens with one attached hydrogen (secondary N) is 1. The molecule has 2 aromatic rings. The number of carbonyl (C=O) groups is 1. The highest BCUT2D eigenvalue weighted by Gasteiger charge is 2.08. The number of carboxylic acids is 1. The Morgan fingerprint density at radius 3 is 2.48 bits per heavy atom. The van der Waals surface area contributed by atoms with Crippen molar-refractivity contribution >= 4 is 11.8 Å². The molecule has 0 amide bonds. The van der Waals surface area contributed by atoms with Crippen molar-refractivity contribution in [3.8, 4) is 0 Å². The van der Waals surface area contributed by atoms with Crippen LogP contribution in [0.25, 0.3) is 0 Å². The molecule has 0 saturated heterocycles. The lowest BCUT2D eigenvalue weighted by Crippen LogP contribution is -2.09. The molecule has 0 unspecified atom stereocenters. The molecule has 0 saturated carbocycles. The van der Waals surface area contributed by atoms with E-state index in [0.717, 1.165) is 6.07 Å². The highest BCUT2D eigenvalue weighted by atomic mass is 19.1. The largest absolute Gasteiger partial charge is 0.478 e. The number of benzene rings is 1. The summed E-state index contributed by atoms with van der Waals surface area (Å²) in [6.07, 6.45) is 0.427. The van der Waals surface area contributed by atoms with Gasteiger partial charge in [-0.3, -0.25) is 0 Å². The van der Waals surface area contributed by atoms with Gasteiger partial charge < -0.3 is 10.4 Å². The zero-order valence-electron chi connectivity index (χ0n) is 11.4. The van der Waals surface area contributed by atoms with Crippen LogP contribution in [-0.4, -0.2) is 22.6 Å². The Balaban J connectivity index is 1.97. The van der Waals surface area contributed by atoms with E-state index in [2.05, 4.69) is 10.3 Å². The van der Waals surface area contributed by atoms with Crippen LogP contribution in [0.3, 0.4) is 0 Å². The van der Waals surface area contributed by atoms with Gasteiger partial charge in [0.25, 0.3) is 0 Å². The van der Waals surface area contributed by atoms with Crippen molar-refractivity contribution in [2.75, 3.05) is 11.9 Å². The first-order valence-corrected chi connectivity index (χ1v) is 6.35. The fourth-order valence-corrected chi connectivity index (χ4v) is 1.98. The lowest BCUT2D eigenvalue weighted by Gasteiger charge is -2.08.